The van der Waals surface area contributed by atoms with Gasteiger partial charge >= 0.3 is 5.97 Å². The van der Waals surface area contributed by atoms with Gasteiger partial charge < -0.3 is 14.6 Å². The van der Waals surface area contributed by atoms with Crippen molar-refractivity contribution in [1.82, 2.24) is 0 Å². The van der Waals surface area contributed by atoms with Gasteiger partial charge in [-0.1, -0.05) is 6.07 Å². The van der Waals surface area contributed by atoms with Gasteiger partial charge in [-0.2, -0.15) is 0 Å². The maximum atomic E-state index is 10.5. The van der Waals surface area contributed by atoms with E-state index in [0.29, 0.717) is 17.1 Å². The van der Waals surface area contributed by atoms with Crippen LogP contribution in [0.3, 0.4) is 0 Å². The molecule has 4 nitrogen and oxygen atoms in total. The fraction of sp³-hybridized carbons (Fsp3) is 0.300. The average molecular weight is 194 g/mol. The van der Waals surface area contributed by atoms with E-state index in [1.54, 1.807) is 25.1 Å². The SMILES string of the molecule is CC1Oc2ccc(CC(=O)O)cc2O1. The normalized spacial score (nSPS) is 18.2. The molecule has 0 saturated heterocycles. The summed E-state index contributed by atoms with van der Waals surface area (Å²) in [7, 11) is 0. The molecule has 2 rings (SSSR count). The van der Waals surface area contributed by atoms with Crippen LogP contribution in [-0.4, -0.2) is 17.4 Å². The third kappa shape index (κ3) is 1.64. The second-order valence-corrected chi connectivity index (χ2v) is 3.15. The van der Waals surface area contributed by atoms with Crippen molar-refractivity contribution in [1.29, 1.82) is 0 Å². The molecule has 0 saturated carbocycles. The standard InChI is InChI=1S/C10H10O4/c1-6-13-8-3-2-7(5-10(11)12)4-9(8)14-6/h2-4,6H,5H2,1H3,(H,11,12). The van der Waals surface area contributed by atoms with Crippen molar-refractivity contribution in [2.24, 2.45) is 0 Å². The quantitative estimate of drug-likeness (QED) is 0.773. The van der Waals surface area contributed by atoms with E-state index in [1.165, 1.54) is 0 Å². The third-order valence-corrected chi connectivity index (χ3v) is 1.95. The lowest BCUT2D eigenvalue weighted by molar-refractivity contribution is -0.136. The molecule has 1 N–H and O–H groups in total. The smallest absolute Gasteiger partial charge is 0.307 e. The van der Waals surface area contributed by atoms with Gasteiger partial charge in [0.2, 0.25) is 6.29 Å². The lowest BCUT2D eigenvalue weighted by Gasteiger charge is -2.00. The fourth-order valence-electron chi connectivity index (χ4n) is 1.41. The van der Waals surface area contributed by atoms with Crippen molar-refractivity contribution in [2.75, 3.05) is 0 Å². The van der Waals surface area contributed by atoms with E-state index in [1.807, 2.05) is 0 Å². The molecule has 1 atom stereocenters. The van der Waals surface area contributed by atoms with Gasteiger partial charge in [0.15, 0.2) is 11.5 Å². The van der Waals surface area contributed by atoms with E-state index in [4.69, 9.17) is 14.6 Å². The van der Waals surface area contributed by atoms with Crippen LogP contribution in [0.25, 0.3) is 0 Å². The first-order valence-corrected chi connectivity index (χ1v) is 4.33. The van der Waals surface area contributed by atoms with Crippen molar-refractivity contribution in [3.63, 3.8) is 0 Å². The summed E-state index contributed by atoms with van der Waals surface area (Å²) in [5.74, 6) is 0.444. The number of hydrogen-bond donors (Lipinski definition) is 1. The van der Waals surface area contributed by atoms with Crippen LogP contribution in [0.2, 0.25) is 0 Å². The summed E-state index contributed by atoms with van der Waals surface area (Å²) in [6, 6.07) is 5.17. The van der Waals surface area contributed by atoms with Gasteiger partial charge in [0.25, 0.3) is 0 Å². The van der Waals surface area contributed by atoms with Crippen molar-refractivity contribution >= 4 is 5.97 Å². The van der Waals surface area contributed by atoms with Gasteiger partial charge in [-0.15, -0.1) is 0 Å². The minimum atomic E-state index is -0.850. The molecule has 1 heterocycles. The van der Waals surface area contributed by atoms with Crippen molar-refractivity contribution < 1.29 is 19.4 Å². The predicted octanol–water partition coefficient (Wildman–Crippen LogP) is 1.43. The molecule has 0 bridgehead atoms. The largest absolute Gasteiger partial charge is 0.481 e. The number of hydrogen-bond acceptors (Lipinski definition) is 3. The number of carbonyl (C=O) groups is 1. The molecule has 0 spiro atoms. The van der Waals surface area contributed by atoms with Gasteiger partial charge in [0, 0.05) is 6.92 Å². The first-order chi connectivity index (χ1) is 6.65. The summed E-state index contributed by atoms with van der Waals surface area (Å²) in [6.45, 7) is 1.79. The second kappa shape index (κ2) is 3.21. The Bertz CT molecular complexity index is 372. The summed E-state index contributed by atoms with van der Waals surface area (Å²) in [5, 5.41) is 8.60. The zero-order chi connectivity index (χ0) is 10.1. The maximum Gasteiger partial charge on any atom is 0.307 e. The molecule has 0 amide bonds. The molecular formula is C10H10O4. The number of fused-ring (bicyclic) bond motifs is 1. The lowest BCUT2D eigenvalue weighted by Crippen LogP contribution is -2.11. The van der Waals surface area contributed by atoms with Crippen LogP contribution in [0.4, 0.5) is 0 Å². The van der Waals surface area contributed by atoms with Crippen molar-refractivity contribution in [3.05, 3.63) is 23.8 Å². The van der Waals surface area contributed by atoms with Crippen molar-refractivity contribution in [3.8, 4) is 11.5 Å². The Hall–Kier alpha value is -1.71. The predicted molar refractivity (Wildman–Crippen MR) is 48.5 cm³/mol. The summed E-state index contributed by atoms with van der Waals surface area (Å²) < 4.78 is 10.6. The Morgan fingerprint density at radius 2 is 2.14 bits per heavy atom. The zero-order valence-electron chi connectivity index (χ0n) is 7.69. The van der Waals surface area contributed by atoms with Crippen LogP contribution in [-0.2, 0) is 11.2 Å². The van der Waals surface area contributed by atoms with Gasteiger partial charge in [0.1, 0.15) is 0 Å². The van der Waals surface area contributed by atoms with E-state index < -0.39 is 5.97 Å². The molecule has 0 aromatic heterocycles. The molecule has 74 valence electrons. The molecule has 0 radical (unpaired) electrons. The summed E-state index contributed by atoms with van der Waals surface area (Å²) in [6.07, 6.45) is -0.282. The molecule has 14 heavy (non-hydrogen) atoms. The highest BCUT2D eigenvalue weighted by Crippen LogP contribution is 2.35. The van der Waals surface area contributed by atoms with E-state index in [9.17, 15) is 4.79 Å². The zero-order valence-corrected chi connectivity index (χ0v) is 7.69. The van der Waals surface area contributed by atoms with Crippen LogP contribution in [0.5, 0.6) is 11.5 Å². The molecule has 1 unspecified atom stereocenters. The number of carboxylic acid groups (broad SMARTS) is 1. The number of benzene rings is 1. The van der Waals surface area contributed by atoms with Crippen LogP contribution in [0, 0.1) is 0 Å². The monoisotopic (exact) mass is 194 g/mol. The first kappa shape index (κ1) is 8.87. The van der Waals surface area contributed by atoms with E-state index in [2.05, 4.69) is 0 Å². The number of carboxylic acids is 1. The first-order valence-electron chi connectivity index (χ1n) is 4.33. The van der Waals surface area contributed by atoms with E-state index >= 15 is 0 Å². The minimum absolute atomic E-state index is 0.00498. The fourth-order valence-corrected chi connectivity index (χ4v) is 1.41. The Labute approximate surface area is 81.1 Å². The average Bonchev–Trinajstić information content (AvgIpc) is 2.42. The van der Waals surface area contributed by atoms with Crippen LogP contribution in [0.15, 0.2) is 18.2 Å². The number of ether oxygens (including phenoxy) is 2. The third-order valence-electron chi connectivity index (χ3n) is 1.95. The van der Waals surface area contributed by atoms with Crippen LogP contribution >= 0.6 is 0 Å². The number of rotatable bonds is 2. The topological polar surface area (TPSA) is 55.8 Å². The van der Waals surface area contributed by atoms with E-state index in [0.717, 1.165) is 0 Å². The lowest BCUT2D eigenvalue weighted by atomic mass is 10.1. The Morgan fingerprint density at radius 3 is 2.86 bits per heavy atom. The molecule has 4 heteroatoms. The molecule has 1 aliphatic heterocycles. The number of aliphatic carboxylic acids is 1. The highest BCUT2D eigenvalue weighted by atomic mass is 16.7. The molecule has 0 fully saturated rings. The molecule has 0 aliphatic carbocycles. The highest BCUT2D eigenvalue weighted by Gasteiger charge is 2.20. The summed E-state index contributed by atoms with van der Waals surface area (Å²) in [5.41, 5.74) is 0.717. The molecule has 1 aromatic carbocycles. The molecule has 1 aliphatic rings. The van der Waals surface area contributed by atoms with E-state index in [-0.39, 0.29) is 12.7 Å². The molecular weight excluding hydrogens is 184 g/mol. The van der Waals surface area contributed by atoms with Gasteiger partial charge in [-0.3, -0.25) is 4.79 Å². The Kier molecular flexibility index (Phi) is 2.04. The van der Waals surface area contributed by atoms with Crippen LogP contribution in [0.1, 0.15) is 12.5 Å². The minimum Gasteiger partial charge on any atom is -0.481 e. The van der Waals surface area contributed by atoms with Gasteiger partial charge in [-0.05, 0) is 17.7 Å². The summed E-state index contributed by atoms with van der Waals surface area (Å²) in [4.78, 5) is 10.5. The Balaban J connectivity index is 2.24. The highest BCUT2D eigenvalue weighted by molar-refractivity contribution is 5.70. The Morgan fingerprint density at radius 1 is 1.43 bits per heavy atom. The van der Waals surface area contributed by atoms with Crippen LogP contribution < -0.4 is 9.47 Å². The second-order valence-electron chi connectivity index (χ2n) is 3.15. The van der Waals surface area contributed by atoms with Gasteiger partial charge in [-0.25, -0.2) is 0 Å². The summed E-state index contributed by atoms with van der Waals surface area (Å²) >= 11 is 0. The van der Waals surface area contributed by atoms with Crippen molar-refractivity contribution in [2.45, 2.75) is 19.6 Å². The van der Waals surface area contributed by atoms with Gasteiger partial charge in [0.05, 0.1) is 6.42 Å². The molecule has 1 aromatic rings. The maximum absolute atomic E-state index is 10.5.